The van der Waals surface area contributed by atoms with Gasteiger partial charge in [0, 0.05) is 6.20 Å². The summed E-state index contributed by atoms with van der Waals surface area (Å²) in [6.45, 7) is 0.154. The van der Waals surface area contributed by atoms with Crippen molar-refractivity contribution in [1.29, 1.82) is 0 Å². The molecule has 1 aromatic heterocycles. The highest BCUT2D eigenvalue weighted by molar-refractivity contribution is 7.89. The molecular weight excluding hydrogens is 332 g/mol. The van der Waals surface area contributed by atoms with Crippen LogP contribution < -0.4 is 9.88 Å². The molecule has 0 atom stereocenters. The molecule has 0 amide bonds. The number of halogens is 1. The van der Waals surface area contributed by atoms with Crippen LogP contribution in [-0.4, -0.2) is 32.6 Å². The van der Waals surface area contributed by atoms with Crippen LogP contribution >= 0.6 is 11.6 Å². The summed E-state index contributed by atoms with van der Waals surface area (Å²) in [4.78, 5) is 14.2. The monoisotopic (exact) mass is 344 g/mol. The molecule has 0 radical (unpaired) electrons. The Morgan fingerprint density at radius 1 is 1.23 bits per heavy atom. The van der Waals surface area contributed by atoms with Gasteiger partial charge in [0.05, 0.1) is 9.92 Å². The van der Waals surface area contributed by atoms with Crippen molar-refractivity contribution in [2.75, 3.05) is 13.2 Å². The lowest BCUT2D eigenvalue weighted by Crippen LogP contribution is -2.13. The standard InChI is InChI=1S/C13H13ClN2O5S/c14-9-7-12(16-8-9)13(17)21-6-5-20-10-1-3-11(4-2-10)22(15,18)19/h1-4,7-8,16H,5-6H2,(H2,15,18,19). The van der Waals surface area contributed by atoms with Gasteiger partial charge in [-0.05, 0) is 30.3 Å². The number of hydrogen-bond donors (Lipinski definition) is 2. The van der Waals surface area contributed by atoms with Crippen molar-refractivity contribution >= 4 is 27.6 Å². The van der Waals surface area contributed by atoms with Crippen LogP contribution in [0, 0.1) is 0 Å². The molecule has 0 saturated carbocycles. The molecule has 3 N–H and O–H groups in total. The normalized spacial score (nSPS) is 11.2. The average Bonchev–Trinajstić information content (AvgIpc) is 2.89. The van der Waals surface area contributed by atoms with Crippen LogP contribution in [0.1, 0.15) is 10.5 Å². The molecule has 0 fully saturated rings. The van der Waals surface area contributed by atoms with E-state index in [1.807, 2.05) is 0 Å². The number of carbonyl (C=O) groups is 1. The number of aromatic amines is 1. The number of H-pyrrole nitrogens is 1. The second-order valence-corrected chi connectivity index (χ2v) is 6.23. The maximum atomic E-state index is 11.6. The van der Waals surface area contributed by atoms with Gasteiger partial charge in [0.25, 0.3) is 0 Å². The van der Waals surface area contributed by atoms with Gasteiger partial charge in [-0.3, -0.25) is 0 Å². The summed E-state index contributed by atoms with van der Waals surface area (Å²) in [5.41, 5.74) is 0.252. The zero-order valence-corrected chi connectivity index (χ0v) is 12.9. The number of carbonyl (C=O) groups excluding carboxylic acids is 1. The minimum Gasteiger partial charge on any atom is -0.490 e. The molecule has 0 aliphatic rings. The first-order valence-electron chi connectivity index (χ1n) is 6.13. The van der Waals surface area contributed by atoms with Crippen molar-refractivity contribution in [3.05, 3.63) is 47.2 Å². The first-order chi connectivity index (χ1) is 10.4. The molecule has 118 valence electrons. The molecule has 1 heterocycles. The largest absolute Gasteiger partial charge is 0.490 e. The SMILES string of the molecule is NS(=O)(=O)c1ccc(OCCOC(=O)c2cc(Cl)c[nH]2)cc1. The highest BCUT2D eigenvalue weighted by Crippen LogP contribution is 2.15. The van der Waals surface area contributed by atoms with E-state index in [1.165, 1.54) is 36.5 Å². The lowest BCUT2D eigenvalue weighted by molar-refractivity contribution is 0.0444. The maximum Gasteiger partial charge on any atom is 0.354 e. The van der Waals surface area contributed by atoms with E-state index in [-0.39, 0.29) is 23.8 Å². The number of benzene rings is 1. The highest BCUT2D eigenvalue weighted by atomic mass is 35.5. The summed E-state index contributed by atoms with van der Waals surface area (Å²) >= 11 is 5.68. The van der Waals surface area contributed by atoms with E-state index in [2.05, 4.69) is 4.98 Å². The van der Waals surface area contributed by atoms with E-state index in [4.69, 9.17) is 26.2 Å². The number of esters is 1. The van der Waals surface area contributed by atoms with Crippen LogP contribution in [0.25, 0.3) is 0 Å². The fourth-order valence-corrected chi connectivity index (χ4v) is 2.26. The van der Waals surface area contributed by atoms with Crippen molar-refractivity contribution in [3.63, 3.8) is 0 Å². The fourth-order valence-electron chi connectivity index (χ4n) is 1.58. The molecule has 0 aliphatic carbocycles. The Hall–Kier alpha value is -2.03. The van der Waals surface area contributed by atoms with Crippen LogP contribution in [0.5, 0.6) is 5.75 Å². The summed E-state index contributed by atoms with van der Waals surface area (Å²) in [7, 11) is -3.72. The molecule has 0 spiro atoms. The average molecular weight is 345 g/mol. The smallest absolute Gasteiger partial charge is 0.354 e. The molecule has 22 heavy (non-hydrogen) atoms. The molecule has 2 rings (SSSR count). The van der Waals surface area contributed by atoms with Gasteiger partial charge in [0.15, 0.2) is 0 Å². The minimum atomic E-state index is -3.72. The number of rotatable bonds is 6. The van der Waals surface area contributed by atoms with Gasteiger partial charge in [-0.1, -0.05) is 11.6 Å². The van der Waals surface area contributed by atoms with Gasteiger partial charge in [0.2, 0.25) is 10.0 Å². The van der Waals surface area contributed by atoms with Gasteiger partial charge in [0.1, 0.15) is 24.7 Å². The first kappa shape index (κ1) is 16.3. The van der Waals surface area contributed by atoms with Gasteiger partial charge in [-0.2, -0.15) is 0 Å². The molecule has 0 unspecified atom stereocenters. The van der Waals surface area contributed by atoms with Crippen LogP contribution in [0.4, 0.5) is 0 Å². The van der Waals surface area contributed by atoms with Crippen LogP contribution in [0.15, 0.2) is 41.4 Å². The third-order valence-electron chi connectivity index (χ3n) is 2.61. The van der Waals surface area contributed by atoms with Gasteiger partial charge in [-0.15, -0.1) is 0 Å². The Bertz CT molecular complexity index is 755. The van der Waals surface area contributed by atoms with Crippen LogP contribution in [0.3, 0.4) is 0 Å². The molecule has 7 nitrogen and oxygen atoms in total. The zero-order chi connectivity index (χ0) is 16.2. The number of ether oxygens (including phenoxy) is 2. The number of hydrogen-bond acceptors (Lipinski definition) is 5. The van der Waals surface area contributed by atoms with Crippen LogP contribution in [0.2, 0.25) is 5.02 Å². The number of aromatic nitrogens is 1. The molecule has 0 aliphatic heterocycles. The molecular formula is C13H13ClN2O5S. The van der Waals surface area contributed by atoms with Crippen molar-refractivity contribution in [2.24, 2.45) is 5.14 Å². The van der Waals surface area contributed by atoms with E-state index in [9.17, 15) is 13.2 Å². The Morgan fingerprint density at radius 3 is 2.45 bits per heavy atom. The molecule has 9 heteroatoms. The Balaban J connectivity index is 1.78. The Kier molecular flexibility index (Phi) is 5.07. The molecule has 1 aromatic carbocycles. The molecule has 0 saturated heterocycles. The summed E-state index contributed by atoms with van der Waals surface area (Å²) in [5.74, 6) is -0.105. The molecule has 0 bridgehead atoms. The second-order valence-electron chi connectivity index (χ2n) is 4.23. The van der Waals surface area contributed by atoms with Crippen molar-refractivity contribution in [2.45, 2.75) is 4.90 Å². The third kappa shape index (κ3) is 4.48. The van der Waals surface area contributed by atoms with Gasteiger partial charge < -0.3 is 14.5 Å². The Morgan fingerprint density at radius 2 is 1.91 bits per heavy atom. The van der Waals surface area contributed by atoms with E-state index >= 15 is 0 Å². The van der Waals surface area contributed by atoms with Gasteiger partial charge >= 0.3 is 5.97 Å². The van der Waals surface area contributed by atoms with Gasteiger partial charge in [-0.25, -0.2) is 18.4 Å². The third-order valence-corrected chi connectivity index (χ3v) is 3.75. The first-order valence-corrected chi connectivity index (χ1v) is 8.05. The second kappa shape index (κ2) is 6.82. The number of nitrogens with two attached hydrogens (primary N) is 1. The fraction of sp³-hybridized carbons (Fsp3) is 0.154. The van der Waals surface area contributed by atoms with Crippen LogP contribution in [-0.2, 0) is 14.8 Å². The van der Waals surface area contributed by atoms with Crippen molar-refractivity contribution in [1.82, 2.24) is 4.98 Å². The Labute approximate surface area is 132 Å². The predicted molar refractivity (Wildman–Crippen MR) is 79.4 cm³/mol. The predicted octanol–water partition coefficient (Wildman–Crippen LogP) is 1.55. The summed E-state index contributed by atoms with van der Waals surface area (Å²) in [6, 6.07) is 7.05. The molecule has 2 aromatic rings. The summed E-state index contributed by atoms with van der Waals surface area (Å²) in [5, 5.41) is 5.40. The summed E-state index contributed by atoms with van der Waals surface area (Å²) < 4.78 is 32.5. The quantitative estimate of drug-likeness (QED) is 0.610. The zero-order valence-electron chi connectivity index (χ0n) is 11.3. The van der Waals surface area contributed by atoms with E-state index < -0.39 is 16.0 Å². The lowest BCUT2D eigenvalue weighted by Gasteiger charge is -2.07. The number of sulfonamides is 1. The van der Waals surface area contributed by atoms with E-state index in [0.29, 0.717) is 10.8 Å². The lowest BCUT2D eigenvalue weighted by atomic mass is 10.3. The topological polar surface area (TPSA) is 111 Å². The summed E-state index contributed by atoms with van der Waals surface area (Å²) in [6.07, 6.45) is 1.47. The van der Waals surface area contributed by atoms with Crippen molar-refractivity contribution < 1.29 is 22.7 Å². The van der Waals surface area contributed by atoms with E-state index in [1.54, 1.807) is 0 Å². The maximum absolute atomic E-state index is 11.6. The minimum absolute atomic E-state index is 0.00472. The highest BCUT2D eigenvalue weighted by Gasteiger charge is 2.10. The van der Waals surface area contributed by atoms with E-state index in [0.717, 1.165) is 0 Å². The number of primary sulfonamides is 1. The van der Waals surface area contributed by atoms with Crippen molar-refractivity contribution in [3.8, 4) is 5.75 Å². The number of nitrogens with one attached hydrogen (secondary N) is 1.